The number of hydrogen-bond acceptors (Lipinski definition) is 12. The molecule has 0 aromatic carbocycles. The number of rotatable bonds is 22. The Morgan fingerprint density at radius 3 is 0.452 bits per heavy atom. The van der Waals surface area contributed by atoms with E-state index in [4.69, 9.17) is 40.9 Å². The average molecular weight is 632 g/mol. The molecule has 0 spiro atoms. The Bertz CT molecular complexity index is 715. The van der Waals surface area contributed by atoms with Gasteiger partial charge in [0.25, 0.3) is 0 Å². The Morgan fingerprint density at radius 2 is 0.381 bits per heavy atom. The van der Waals surface area contributed by atoms with Gasteiger partial charge in [0.2, 0.25) is 0 Å². The Hall–Kier alpha value is -2.40. The van der Waals surface area contributed by atoms with Gasteiger partial charge in [0.1, 0.15) is 0 Å². The van der Waals surface area contributed by atoms with Crippen LogP contribution in [0.3, 0.4) is 0 Å². The number of hydrogen-bond donors (Lipinski definition) is 8. The van der Waals surface area contributed by atoms with Crippen molar-refractivity contribution < 1.29 is 79.2 Å². The fourth-order valence-corrected chi connectivity index (χ4v) is 2.95. The molecule has 0 aromatic heterocycles. The molecule has 0 bridgehead atoms. The zero-order valence-corrected chi connectivity index (χ0v) is 21.1. The second kappa shape index (κ2) is 26.2. The van der Waals surface area contributed by atoms with Gasteiger partial charge in [-0.3, -0.25) is 58.0 Å². The molecule has 22 heteroatoms. The van der Waals surface area contributed by atoms with E-state index >= 15 is 0 Å². The Kier molecular flexibility index (Phi) is 29.1. The van der Waals surface area contributed by atoms with E-state index in [1.165, 1.54) is 0 Å². The van der Waals surface area contributed by atoms with E-state index in [-0.39, 0.29) is 85.3 Å². The molecular weight excluding hydrogens is 598 g/mol. The summed E-state index contributed by atoms with van der Waals surface area (Å²) in [7, 11) is 0. The van der Waals surface area contributed by atoms with E-state index in [0.29, 0.717) is 0 Å². The van der Waals surface area contributed by atoms with Crippen LogP contribution < -0.4 is 0 Å². The summed E-state index contributed by atoms with van der Waals surface area (Å²) in [5.74, 6) is -9.82. The summed E-state index contributed by atoms with van der Waals surface area (Å²) < 4.78 is 0. The molecule has 8 N–H and O–H groups in total. The molecule has 0 rings (SSSR count). The molecule has 0 aliphatic heterocycles. The quantitative estimate of drug-likeness (QED) is 0.0516. The van der Waals surface area contributed by atoms with Crippen molar-refractivity contribution in [2.24, 2.45) is 0 Å². The first-order chi connectivity index (χ1) is 18.4. The molecule has 0 saturated carbocycles. The predicted molar refractivity (Wildman–Crippen MR) is 141 cm³/mol. The van der Waals surface area contributed by atoms with Gasteiger partial charge in [0, 0.05) is 26.2 Å². The number of aliphatic carboxylic acids is 8. The molecule has 0 amide bonds. The Labute approximate surface area is 282 Å². The third-order valence-corrected chi connectivity index (χ3v) is 4.34. The van der Waals surface area contributed by atoms with E-state index in [1.807, 2.05) is 0 Å². The van der Waals surface area contributed by atoms with Crippen molar-refractivity contribution in [1.82, 2.24) is 19.6 Å². The van der Waals surface area contributed by atoms with Crippen LogP contribution in [0.1, 0.15) is 0 Å². The second-order valence-electron chi connectivity index (χ2n) is 7.99. The van der Waals surface area contributed by atoms with Gasteiger partial charge in [-0.2, -0.15) is 0 Å². The van der Waals surface area contributed by atoms with Crippen molar-refractivity contribution in [3.8, 4) is 0 Å². The maximum absolute atomic E-state index is 10.6. The molecule has 0 heterocycles. The first-order valence-corrected chi connectivity index (χ1v) is 11.0. The normalized spacial score (nSPS) is 10.2. The van der Waals surface area contributed by atoms with Crippen molar-refractivity contribution in [3.05, 3.63) is 0 Å². The van der Waals surface area contributed by atoms with Crippen LogP contribution in [0, 0.1) is 0 Å². The number of carboxylic acids is 8. The van der Waals surface area contributed by atoms with E-state index in [2.05, 4.69) is 0 Å². The molecule has 0 saturated heterocycles. The molecule has 232 valence electrons. The van der Waals surface area contributed by atoms with Gasteiger partial charge in [0.15, 0.2) is 0 Å². The molecule has 20 nitrogen and oxygen atoms in total. The monoisotopic (exact) mass is 632 g/mol. The van der Waals surface area contributed by atoms with Gasteiger partial charge in [-0.05, 0) is 0 Å². The summed E-state index contributed by atoms with van der Waals surface area (Å²) in [6.07, 6.45) is 0. The maximum atomic E-state index is 10.6. The van der Waals surface area contributed by atoms with Gasteiger partial charge in [-0.15, -0.1) is 0 Å². The second-order valence-corrected chi connectivity index (χ2v) is 7.99. The Balaban J connectivity index is -0.000000328. The molecular formula is C20H34N4Na2O16. The van der Waals surface area contributed by atoms with Crippen LogP contribution in [-0.4, -0.2) is 246 Å². The van der Waals surface area contributed by atoms with Crippen molar-refractivity contribution in [2.45, 2.75) is 0 Å². The number of carboxylic acid groups (broad SMARTS) is 8. The van der Waals surface area contributed by atoms with Gasteiger partial charge < -0.3 is 40.9 Å². The predicted octanol–water partition coefficient (Wildman–Crippen LogP) is -5.44. The summed E-state index contributed by atoms with van der Waals surface area (Å²) in [5.41, 5.74) is 0. The minimum atomic E-state index is -1.23. The standard InChI is InChI=1S/2C10H16N2O8.2Na.2H/c2*13-7(14)3-11(4-8(15)16)1-2-12(5-9(17)18)6-10(19)20;;;;/h2*1-6H2,(H,13,14)(H,15,16)(H,17,18)(H,19,20);;;;. The van der Waals surface area contributed by atoms with Crippen molar-refractivity contribution in [2.75, 3.05) is 78.5 Å². The SMILES string of the molecule is O=C(O)CN(CCN(CC(=O)O)CC(=O)O)CC(=O)O.O=C(O)CN(CCN(CC(=O)O)CC(=O)O)CC(=O)O.[NaH].[NaH]. The van der Waals surface area contributed by atoms with Crippen molar-refractivity contribution >= 4 is 107 Å². The summed E-state index contributed by atoms with van der Waals surface area (Å²) in [5, 5.41) is 68.9. The molecule has 0 aliphatic rings. The third-order valence-electron chi connectivity index (χ3n) is 4.34. The summed E-state index contributed by atoms with van der Waals surface area (Å²) in [6.45, 7) is -4.50. The van der Waals surface area contributed by atoms with Crippen LogP contribution >= 0.6 is 0 Å². The van der Waals surface area contributed by atoms with E-state index in [0.717, 1.165) is 19.6 Å². The zero-order chi connectivity index (χ0) is 31.4. The Morgan fingerprint density at radius 1 is 0.286 bits per heavy atom. The first kappa shape index (κ1) is 46.6. The molecule has 0 atom stereocenters. The molecule has 0 radical (unpaired) electrons. The molecule has 42 heavy (non-hydrogen) atoms. The zero-order valence-electron chi connectivity index (χ0n) is 21.1. The first-order valence-electron chi connectivity index (χ1n) is 11.0. The molecule has 0 aliphatic carbocycles. The fourth-order valence-electron chi connectivity index (χ4n) is 2.95. The number of nitrogens with zero attached hydrogens (tertiary/aromatic N) is 4. The topological polar surface area (TPSA) is 311 Å². The van der Waals surface area contributed by atoms with E-state index < -0.39 is 100 Å². The van der Waals surface area contributed by atoms with Crippen LogP contribution in [0.5, 0.6) is 0 Å². The van der Waals surface area contributed by atoms with Gasteiger partial charge >= 0.3 is 107 Å². The molecule has 0 fully saturated rings. The fraction of sp³-hybridized carbons (Fsp3) is 0.600. The van der Waals surface area contributed by atoms with Crippen LogP contribution in [0.4, 0.5) is 0 Å². The summed E-state index contributed by atoms with van der Waals surface area (Å²) in [6, 6.07) is 0. The van der Waals surface area contributed by atoms with Gasteiger partial charge in [0.05, 0.1) is 52.4 Å². The van der Waals surface area contributed by atoms with Crippen LogP contribution in [0.25, 0.3) is 0 Å². The van der Waals surface area contributed by atoms with Gasteiger partial charge in [-0.1, -0.05) is 0 Å². The van der Waals surface area contributed by atoms with Crippen LogP contribution in [0.2, 0.25) is 0 Å². The summed E-state index contributed by atoms with van der Waals surface area (Å²) in [4.78, 5) is 88.7. The average Bonchev–Trinajstić information content (AvgIpc) is 2.72. The van der Waals surface area contributed by atoms with E-state index in [9.17, 15) is 38.4 Å². The summed E-state index contributed by atoms with van der Waals surface area (Å²) >= 11 is 0. The van der Waals surface area contributed by atoms with Crippen LogP contribution in [0.15, 0.2) is 0 Å². The van der Waals surface area contributed by atoms with Gasteiger partial charge in [-0.25, -0.2) is 0 Å². The van der Waals surface area contributed by atoms with Crippen molar-refractivity contribution in [1.29, 1.82) is 0 Å². The third kappa shape index (κ3) is 32.1. The van der Waals surface area contributed by atoms with Crippen LogP contribution in [-0.2, 0) is 38.4 Å². The molecule has 0 unspecified atom stereocenters. The van der Waals surface area contributed by atoms with Crippen molar-refractivity contribution in [3.63, 3.8) is 0 Å². The minimum absolute atomic E-state index is 0. The number of carbonyl (C=O) groups is 8. The van der Waals surface area contributed by atoms with E-state index in [1.54, 1.807) is 0 Å². The molecule has 0 aromatic rings.